The lowest BCUT2D eigenvalue weighted by Crippen LogP contribution is -2.41. The zero-order valence-electron chi connectivity index (χ0n) is 8.74. The molecule has 1 aromatic rings. The third kappa shape index (κ3) is 4.81. The van der Waals surface area contributed by atoms with Gasteiger partial charge in [-0.05, 0) is 12.1 Å². The van der Waals surface area contributed by atoms with Crippen LogP contribution in [-0.4, -0.2) is 34.8 Å². The molecule has 94 valence electrons. The van der Waals surface area contributed by atoms with Crippen LogP contribution in [-0.2, 0) is 11.2 Å². The summed E-state index contributed by atoms with van der Waals surface area (Å²) in [4.78, 5) is 15.1. The van der Waals surface area contributed by atoms with Gasteiger partial charge in [0.05, 0.1) is 13.0 Å². The third-order valence-corrected chi connectivity index (χ3v) is 1.94. The lowest BCUT2D eigenvalue weighted by atomic mass is 10.2. The van der Waals surface area contributed by atoms with E-state index < -0.39 is 24.7 Å². The normalized spacial score (nSPS) is 13.2. The molecule has 0 saturated heterocycles. The highest BCUT2D eigenvalue weighted by Gasteiger charge is 2.38. The zero-order chi connectivity index (χ0) is 12.9. The number of carbonyl (C=O) groups excluding carboxylic acids is 1. The number of nitrogens with one attached hydrogen (secondary N) is 1. The fourth-order valence-corrected chi connectivity index (χ4v) is 1.06. The second-order valence-electron chi connectivity index (χ2n) is 3.36. The summed E-state index contributed by atoms with van der Waals surface area (Å²) in [6.07, 6.45) is -5.91. The molecule has 1 aromatic heterocycles. The Morgan fingerprint density at radius 1 is 1.47 bits per heavy atom. The molecule has 1 atom stereocenters. The standard InChI is InChI=1S/C10H11F3N2O2/c11-10(12,13)8(16)6-15-9(17)5-7-3-1-2-4-14-7/h1-4,8,16H,5-6H2,(H,15,17). The number of hydrogen-bond donors (Lipinski definition) is 2. The van der Waals surface area contributed by atoms with Gasteiger partial charge in [0.1, 0.15) is 0 Å². The maximum Gasteiger partial charge on any atom is 0.416 e. The number of carbonyl (C=O) groups is 1. The van der Waals surface area contributed by atoms with Crippen molar-refractivity contribution in [2.24, 2.45) is 0 Å². The minimum absolute atomic E-state index is 0.120. The van der Waals surface area contributed by atoms with E-state index in [0.29, 0.717) is 5.69 Å². The quantitative estimate of drug-likeness (QED) is 0.823. The topological polar surface area (TPSA) is 62.2 Å². The number of pyridine rings is 1. The second-order valence-corrected chi connectivity index (χ2v) is 3.36. The maximum absolute atomic E-state index is 11.9. The van der Waals surface area contributed by atoms with Crippen LogP contribution < -0.4 is 5.32 Å². The number of amides is 1. The Kier molecular flexibility index (Phi) is 4.45. The second kappa shape index (κ2) is 5.62. The first kappa shape index (κ1) is 13.4. The number of aliphatic hydroxyl groups excluding tert-OH is 1. The van der Waals surface area contributed by atoms with Crippen LogP contribution >= 0.6 is 0 Å². The molecule has 0 radical (unpaired) electrons. The predicted molar refractivity (Wildman–Crippen MR) is 53.0 cm³/mol. The molecule has 0 aliphatic rings. The van der Waals surface area contributed by atoms with Gasteiger partial charge < -0.3 is 10.4 Å². The van der Waals surface area contributed by atoms with Crippen molar-refractivity contribution in [3.63, 3.8) is 0 Å². The van der Waals surface area contributed by atoms with Gasteiger partial charge in [-0.25, -0.2) is 0 Å². The molecule has 1 unspecified atom stereocenters. The molecule has 0 saturated carbocycles. The number of alkyl halides is 3. The fraction of sp³-hybridized carbons (Fsp3) is 0.400. The van der Waals surface area contributed by atoms with E-state index in [0.717, 1.165) is 0 Å². The average molecular weight is 248 g/mol. The molecule has 0 fully saturated rings. The predicted octanol–water partition coefficient (Wildman–Crippen LogP) is 0.663. The van der Waals surface area contributed by atoms with Crippen LogP contribution in [0.2, 0.25) is 0 Å². The molecule has 1 heterocycles. The monoisotopic (exact) mass is 248 g/mol. The first-order chi connectivity index (χ1) is 7.89. The number of aliphatic hydroxyl groups is 1. The van der Waals surface area contributed by atoms with Crippen LogP contribution in [0.25, 0.3) is 0 Å². The molecule has 0 spiro atoms. The fourth-order valence-electron chi connectivity index (χ4n) is 1.06. The summed E-state index contributed by atoms with van der Waals surface area (Å²) in [6.45, 7) is -0.852. The lowest BCUT2D eigenvalue weighted by Gasteiger charge is -2.14. The van der Waals surface area contributed by atoms with Crippen molar-refractivity contribution in [1.29, 1.82) is 0 Å². The Labute approximate surface area is 95.5 Å². The molecule has 1 rings (SSSR count). The van der Waals surface area contributed by atoms with Crippen molar-refractivity contribution >= 4 is 5.91 Å². The molecule has 0 bridgehead atoms. The molecule has 4 nitrogen and oxygen atoms in total. The summed E-state index contributed by atoms with van der Waals surface area (Å²) in [5.41, 5.74) is 0.450. The molecule has 1 amide bonds. The largest absolute Gasteiger partial charge is 0.416 e. The van der Waals surface area contributed by atoms with Crippen molar-refractivity contribution in [2.75, 3.05) is 6.54 Å². The van der Waals surface area contributed by atoms with Gasteiger partial charge in [0.2, 0.25) is 5.91 Å². The Morgan fingerprint density at radius 3 is 2.71 bits per heavy atom. The van der Waals surface area contributed by atoms with Crippen LogP contribution in [0, 0.1) is 0 Å². The van der Waals surface area contributed by atoms with Gasteiger partial charge in [0, 0.05) is 11.9 Å². The van der Waals surface area contributed by atoms with Crippen molar-refractivity contribution < 1.29 is 23.1 Å². The smallest absolute Gasteiger partial charge is 0.382 e. The Hall–Kier alpha value is -1.63. The highest BCUT2D eigenvalue weighted by Crippen LogP contribution is 2.19. The zero-order valence-corrected chi connectivity index (χ0v) is 8.74. The molecule has 2 N–H and O–H groups in total. The van der Waals surface area contributed by atoms with Gasteiger partial charge in [-0.1, -0.05) is 6.07 Å². The van der Waals surface area contributed by atoms with Gasteiger partial charge in [0.15, 0.2) is 6.10 Å². The minimum Gasteiger partial charge on any atom is -0.382 e. The number of hydrogen-bond acceptors (Lipinski definition) is 3. The van der Waals surface area contributed by atoms with Gasteiger partial charge in [-0.2, -0.15) is 13.2 Å². The summed E-state index contributed by atoms with van der Waals surface area (Å²) in [6, 6.07) is 4.91. The van der Waals surface area contributed by atoms with Crippen LogP contribution in [0.3, 0.4) is 0 Å². The van der Waals surface area contributed by atoms with Gasteiger partial charge in [0.25, 0.3) is 0 Å². The van der Waals surface area contributed by atoms with Crippen LogP contribution in [0.15, 0.2) is 24.4 Å². The van der Waals surface area contributed by atoms with Crippen molar-refractivity contribution in [2.45, 2.75) is 18.7 Å². The van der Waals surface area contributed by atoms with Gasteiger partial charge in [-0.15, -0.1) is 0 Å². The van der Waals surface area contributed by atoms with Crippen molar-refractivity contribution in [3.8, 4) is 0 Å². The number of rotatable bonds is 4. The maximum atomic E-state index is 11.9. The third-order valence-electron chi connectivity index (χ3n) is 1.94. The summed E-state index contributed by atoms with van der Waals surface area (Å²) in [5, 5.41) is 10.6. The van der Waals surface area contributed by atoms with Gasteiger partial charge >= 0.3 is 6.18 Å². The van der Waals surface area contributed by atoms with Crippen LogP contribution in [0.5, 0.6) is 0 Å². The molecular formula is C10H11F3N2O2. The lowest BCUT2D eigenvalue weighted by molar-refractivity contribution is -0.201. The first-order valence-electron chi connectivity index (χ1n) is 4.81. The van der Waals surface area contributed by atoms with Crippen molar-refractivity contribution in [3.05, 3.63) is 30.1 Å². The molecule has 0 aliphatic heterocycles. The van der Waals surface area contributed by atoms with E-state index in [4.69, 9.17) is 5.11 Å². The molecule has 17 heavy (non-hydrogen) atoms. The van der Waals surface area contributed by atoms with E-state index in [1.54, 1.807) is 18.2 Å². The Balaban J connectivity index is 2.36. The molecule has 0 aliphatic carbocycles. The van der Waals surface area contributed by atoms with E-state index in [1.165, 1.54) is 6.20 Å². The van der Waals surface area contributed by atoms with E-state index in [-0.39, 0.29) is 6.42 Å². The highest BCUT2D eigenvalue weighted by atomic mass is 19.4. The molecule has 0 aromatic carbocycles. The summed E-state index contributed by atoms with van der Waals surface area (Å²) < 4.78 is 35.7. The van der Waals surface area contributed by atoms with Crippen molar-refractivity contribution in [1.82, 2.24) is 10.3 Å². The highest BCUT2D eigenvalue weighted by molar-refractivity contribution is 5.78. The average Bonchev–Trinajstić information content (AvgIpc) is 2.26. The van der Waals surface area contributed by atoms with E-state index >= 15 is 0 Å². The number of halogens is 3. The minimum atomic E-state index is -4.72. The SMILES string of the molecule is O=C(Cc1ccccn1)NCC(O)C(F)(F)F. The van der Waals surface area contributed by atoms with E-state index in [9.17, 15) is 18.0 Å². The van der Waals surface area contributed by atoms with E-state index in [1.807, 2.05) is 5.32 Å². The Bertz CT molecular complexity index is 368. The van der Waals surface area contributed by atoms with Crippen LogP contribution in [0.4, 0.5) is 13.2 Å². The molecule has 7 heteroatoms. The Morgan fingerprint density at radius 2 is 2.18 bits per heavy atom. The van der Waals surface area contributed by atoms with Gasteiger partial charge in [-0.3, -0.25) is 9.78 Å². The summed E-state index contributed by atoms with van der Waals surface area (Å²) in [5.74, 6) is -0.619. The summed E-state index contributed by atoms with van der Waals surface area (Å²) >= 11 is 0. The summed E-state index contributed by atoms with van der Waals surface area (Å²) in [7, 11) is 0. The number of nitrogens with zero attached hydrogens (tertiary/aromatic N) is 1. The first-order valence-corrected chi connectivity index (χ1v) is 4.81. The van der Waals surface area contributed by atoms with E-state index in [2.05, 4.69) is 4.98 Å². The van der Waals surface area contributed by atoms with Crippen LogP contribution in [0.1, 0.15) is 5.69 Å². The molecular weight excluding hydrogens is 237 g/mol. The number of aromatic nitrogens is 1.